The Kier molecular flexibility index (Phi) is 2.79. The van der Waals surface area contributed by atoms with Crippen LogP contribution in [0.15, 0.2) is 30.5 Å². The van der Waals surface area contributed by atoms with Gasteiger partial charge in [-0.1, -0.05) is 11.6 Å². The quantitative estimate of drug-likeness (QED) is 0.770. The van der Waals surface area contributed by atoms with Gasteiger partial charge in [-0.3, -0.25) is 0 Å². The van der Waals surface area contributed by atoms with Crippen LogP contribution in [0.5, 0.6) is 5.75 Å². The minimum atomic E-state index is -0.666. The highest BCUT2D eigenvalue weighted by molar-refractivity contribution is 6.32. The zero-order chi connectivity index (χ0) is 11.7. The van der Waals surface area contributed by atoms with Gasteiger partial charge in [0.15, 0.2) is 11.6 Å². The van der Waals surface area contributed by atoms with Crippen molar-refractivity contribution in [1.82, 2.24) is 4.98 Å². The summed E-state index contributed by atoms with van der Waals surface area (Å²) in [5.41, 5.74) is 2.03. The molecule has 82 valence electrons. The van der Waals surface area contributed by atoms with Gasteiger partial charge in [-0.05, 0) is 42.3 Å². The molecular weight excluding hydrogens is 229 g/mol. The van der Waals surface area contributed by atoms with Crippen LogP contribution in [0.4, 0.5) is 4.39 Å². The molecule has 0 radical (unpaired) electrons. The summed E-state index contributed by atoms with van der Waals surface area (Å²) in [6.45, 7) is 1.78. The highest BCUT2D eigenvalue weighted by Gasteiger charge is 2.10. The Bertz CT molecular complexity index is 543. The second-order valence-electron chi connectivity index (χ2n) is 3.46. The Hall–Kier alpha value is -1.61. The minimum Gasteiger partial charge on any atom is -0.505 e. The van der Waals surface area contributed by atoms with Crippen LogP contribution in [0.3, 0.4) is 0 Å². The topological polar surface area (TPSA) is 33.1 Å². The van der Waals surface area contributed by atoms with Crippen molar-refractivity contribution in [3.05, 3.63) is 47.0 Å². The fraction of sp³-hybridized carbons (Fsp3) is 0.0833. The molecule has 0 saturated carbocycles. The number of phenols is 1. The van der Waals surface area contributed by atoms with Crippen molar-refractivity contribution in [2.45, 2.75) is 6.92 Å². The van der Waals surface area contributed by atoms with E-state index in [2.05, 4.69) is 4.98 Å². The van der Waals surface area contributed by atoms with Gasteiger partial charge in [0.2, 0.25) is 0 Å². The molecule has 0 saturated heterocycles. The second kappa shape index (κ2) is 4.10. The third kappa shape index (κ3) is 1.86. The molecule has 0 atom stereocenters. The average Bonchev–Trinajstić information content (AvgIpc) is 2.25. The number of hydrogen-bond donors (Lipinski definition) is 1. The molecule has 0 bridgehead atoms. The van der Waals surface area contributed by atoms with Crippen molar-refractivity contribution in [2.75, 3.05) is 0 Å². The first-order valence-electron chi connectivity index (χ1n) is 4.69. The number of hydrogen-bond acceptors (Lipinski definition) is 2. The van der Waals surface area contributed by atoms with E-state index in [0.29, 0.717) is 16.3 Å². The van der Waals surface area contributed by atoms with E-state index in [1.54, 1.807) is 25.3 Å². The number of aromatic nitrogens is 1. The molecular formula is C12H9ClFNO. The first-order chi connectivity index (χ1) is 7.59. The summed E-state index contributed by atoms with van der Waals surface area (Å²) in [5, 5.41) is 9.53. The predicted molar refractivity (Wildman–Crippen MR) is 61.0 cm³/mol. The molecule has 2 aromatic rings. The number of nitrogens with zero attached hydrogens (tertiary/aromatic N) is 1. The predicted octanol–water partition coefficient (Wildman–Crippen LogP) is 3.56. The molecule has 0 aliphatic rings. The molecule has 16 heavy (non-hydrogen) atoms. The SMILES string of the molecule is Cc1cc(O)c(F)cc1-c1cccnc1Cl. The van der Waals surface area contributed by atoms with Gasteiger partial charge in [0, 0.05) is 11.8 Å². The van der Waals surface area contributed by atoms with Crippen LogP contribution in [-0.4, -0.2) is 10.1 Å². The molecule has 1 aromatic heterocycles. The number of aromatic hydroxyl groups is 1. The lowest BCUT2D eigenvalue weighted by molar-refractivity contribution is 0.432. The van der Waals surface area contributed by atoms with E-state index in [-0.39, 0.29) is 5.75 Å². The third-order valence-corrected chi connectivity index (χ3v) is 2.64. The van der Waals surface area contributed by atoms with Crippen LogP contribution in [0.2, 0.25) is 5.15 Å². The van der Waals surface area contributed by atoms with Crippen molar-refractivity contribution in [1.29, 1.82) is 0 Å². The number of benzene rings is 1. The highest BCUT2D eigenvalue weighted by Crippen LogP contribution is 2.32. The first kappa shape index (κ1) is 10.9. The van der Waals surface area contributed by atoms with E-state index >= 15 is 0 Å². The summed E-state index contributed by atoms with van der Waals surface area (Å²) >= 11 is 5.93. The Morgan fingerprint density at radius 2 is 2.06 bits per heavy atom. The van der Waals surface area contributed by atoms with Crippen molar-refractivity contribution in [3.63, 3.8) is 0 Å². The third-order valence-electron chi connectivity index (χ3n) is 2.34. The lowest BCUT2D eigenvalue weighted by atomic mass is 10.0. The van der Waals surface area contributed by atoms with Gasteiger partial charge in [0.05, 0.1) is 0 Å². The van der Waals surface area contributed by atoms with E-state index in [9.17, 15) is 9.50 Å². The minimum absolute atomic E-state index is 0.315. The van der Waals surface area contributed by atoms with Crippen molar-refractivity contribution >= 4 is 11.6 Å². The lowest BCUT2D eigenvalue weighted by Crippen LogP contribution is -1.88. The standard InChI is InChI=1S/C12H9ClFNO/c1-7-5-11(16)10(14)6-9(7)8-3-2-4-15-12(8)13/h2-6,16H,1H3. The maximum Gasteiger partial charge on any atom is 0.165 e. The summed E-state index contributed by atoms with van der Waals surface area (Å²) in [5.74, 6) is -1.03. The molecule has 0 fully saturated rings. The molecule has 1 aromatic carbocycles. The maximum absolute atomic E-state index is 13.3. The van der Waals surface area contributed by atoms with Gasteiger partial charge in [-0.15, -0.1) is 0 Å². The van der Waals surface area contributed by atoms with Crippen molar-refractivity contribution in [2.24, 2.45) is 0 Å². The second-order valence-corrected chi connectivity index (χ2v) is 3.82. The van der Waals surface area contributed by atoms with E-state index in [4.69, 9.17) is 11.6 Å². The van der Waals surface area contributed by atoms with E-state index in [1.165, 1.54) is 12.1 Å². The Morgan fingerprint density at radius 3 is 2.75 bits per heavy atom. The van der Waals surface area contributed by atoms with Gasteiger partial charge < -0.3 is 5.11 Å². The fourth-order valence-corrected chi connectivity index (χ4v) is 1.76. The maximum atomic E-state index is 13.3. The van der Waals surface area contributed by atoms with Crippen LogP contribution in [-0.2, 0) is 0 Å². The fourth-order valence-electron chi connectivity index (χ4n) is 1.54. The van der Waals surface area contributed by atoms with Gasteiger partial charge in [-0.25, -0.2) is 9.37 Å². The molecule has 0 amide bonds. The van der Waals surface area contributed by atoms with Gasteiger partial charge in [-0.2, -0.15) is 0 Å². The van der Waals surface area contributed by atoms with Crippen molar-refractivity contribution in [3.8, 4) is 16.9 Å². The number of pyridine rings is 1. The molecule has 0 unspecified atom stereocenters. The summed E-state index contributed by atoms with van der Waals surface area (Å²) in [4.78, 5) is 3.93. The van der Waals surface area contributed by atoms with E-state index in [1.807, 2.05) is 0 Å². The molecule has 0 aliphatic heterocycles. The van der Waals surface area contributed by atoms with Crippen LogP contribution in [0, 0.1) is 12.7 Å². The summed E-state index contributed by atoms with van der Waals surface area (Å²) < 4.78 is 13.3. The monoisotopic (exact) mass is 237 g/mol. The average molecular weight is 238 g/mol. The Morgan fingerprint density at radius 1 is 1.31 bits per heavy atom. The summed E-state index contributed by atoms with van der Waals surface area (Å²) in [6.07, 6.45) is 1.57. The molecule has 2 nitrogen and oxygen atoms in total. The van der Waals surface area contributed by atoms with E-state index in [0.717, 1.165) is 5.56 Å². The zero-order valence-corrected chi connectivity index (χ0v) is 9.29. The zero-order valence-electron chi connectivity index (χ0n) is 8.54. The molecule has 4 heteroatoms. The van der Waals surface area contributed by atoms with Gasteiger partial charge >= 0.3 is 0 Å². The first-order valence-corrected chi connectivity index (χ1v) is 5.07. The Balaban J connectivity index is 2.65. The van der Waals surface area contributed by atoms with Crippen LogP contribution in [0.1, 0.15) is 5.56 Å². The smallest absolute Gasteiger partial charge is 0.165 e. The van der Waals surface area contributed by atoms with Crippen LogP contribution in [0.25, 0.3) is 11.1 Å². The van der Waals surface area contributed by atoms with Gasteiger partial charge in [0.1, 0.15) is 5.15 Å². The molecule has 1 heterocycles. The largest absolute Gasteiger partial charge is 0.505 e. The van der Waals surface area contributed by atoms with Crippen molar-refractivity contribution < 1.29 is 9.50 Å². The molecule has 2 rings (SSSR count). The van der Waals surface area contributed by atoms with Crippen LogP contribution < -0.4 is 0 Å². The summed E-state index contributed by atoms with van der Waals surface area (Å²) in [6, 6.07) is 6.11. The summed E-state index contributed by atoms with van der Waals surface area (Å²) in [7, 11) is 0. The Labute approximate surface area is 97.3 Å². The number of halogens is 2. The molecule has 0 aliphatic carbocycles. The number of aryl methyl sites for hydroxylation is 1. The normalized spacial score (nSPS) is 10.4. The molecule has 1 N–H and O–H groups in total. The van der Waals surface area contributed by atoms with Crippen LogP contribution >= 0.6 is 11.6 Å². The lowest BCUT2D eigenvalue weighted by Gasteiger charge is -2.08. The molecule has 0 spiro atoms. The van der Waals surface area contributed by atoms with Gasteiger partial charge in [0.25, 0.3) is 0 Å². The van der Waals surface area contributed by atoms with E-state index < -0.39 is 5.82 Å². The number of phenolic OH excluding ortho intramolecular Hbond substituents is 1. The highest BCUT2D eigenvalue weighted by atomic mass is 35.5. The number of rotatable bonds is 1.